The van der Waals surface area contributed by atoms with Crippen molar-refractivity contribution >= 4 is 17.5 Å². The van der Waals surface area contributed by atoms with Crippen LogP contribution in [0.15, 0.2) is 48.5 Å². The standard InChI is InChI=1S/C29H27FN2O6/c1-28(27(31)35)15-38-26-21(28)13-24(32-25(26)16-5-7-19(30)8-6-16)29(2,36)10-9-22(34)17-3-4-18-11-20(33)14-37-23(18)12-17/h3-8,12-13,36H,9-11,14-15H2,1-2H3,(H2,31,35)/t28-,29-/m0/s1. The van der Waals surface area contributed by atoms with E-state index in [0.29, 0.717) is 33.9 Å². The van der Waals surface area contributed by atoms with Gasteiger partial charge in [0.25, 0.3) is 0 Å². The van der Waals surface area contributed by atoms with E-state index in [9.17, 15) is 23.9 Å². The number of amides is 1. The molecule has 0 aliphatic carbocycles. The summed E-state index contributed by atoms with van der Waals surface area (Å²) in [5.74, 6) is -0.386. The highest BCUT2D eigenvalue weighted by Crippen LogP contribution is 2.46. The fraction of sp³-hybridized carbons (Fsp3) is 0.310. The van der Waals surface area contributed by atoms with Gasteiger partial charge in [0, 0.05) is 35.1 Å². The zero-order valence-corrected chi connectivity index (χ0v) is 21.0. The van der Waals surface area contributed by atoms with Crippen molar-refractivity contribution < 1.29 is 33.4 Å². The minimum absolute atomic E-state index is 0.00104. The number of Topliss-reactive ketones (excluding diaryl/α,β-unsaturated/α-hetero) is 2. The molecule has 0 saturated heterocycles. The van der Waals surface area contributed by atoms with Crippen molar-refractivity contribution in [2.75, 3.05) is 13.2 Å². The highest BCUT2D eigenvalue weighted by atomic mass is 19.1. The number of carbonyl (C=O) groups excluding carboxylic acids is 3. The second-order valence-electron chi connectivity index (χ2n) is 10.2. The molecule has 0 unspecified atom stereocenters. The number of aliphatic hydroxyl groups is 1. The summed E-state index contributed by atoms with van der Waals surface area (Å²) in [6, 6.07) is 12.2. The summed E-state index contributed by atoms with van der Waals surface area (Å²) in [7, 11) is 0. The lowest BCUT2D eigenvalue weighted by molar-refractivity contribution is -0.123. The van der Waals surface area contributed by atoms with Crippen molar-refractivity contribution in [2.45, 2.75) is 44.1 Å². The lowest BCUT2D eigenvalue weighted by Gasteiger charge is -2.26. The molecule has 0 fully saturated rings. The van der Waals surface area contributed by atoms with E-state index in [1.165, 1.54) is 24.3 Å². The molecule has 0 bridgehead atoms. The Bertz CT molecular complexity index is 1470. The Kier molecular flexibility index (Phi) is 6.27. The number of pyridine rings is 1. The molecule has 0 saturated carbocycles. The third-order valence-corrected chi connectivity index (χ3v) is 7.29. The lowest BCUT2D eigenvalue weighted by Crippen LogP contribution is -2.40. The summed E-state index contributed by atoms with van der Waals surface area (Å²) in [4.78, 5) is 41.6. The van der Waals surface area contributed by atoms with Crippen LogP contribution >= 0.6 is 0 Å². The van der Waals surface area contributed by atoms with Crippen LogP contribution < -0.4 is 15.2 Å². The van der Waals surface area contributed by atoms with Gasteiger partial charge in [-0.3, -0.25) is 14.4 Å². The molecule has 2 atom stereocenters. The van der Waals surface area contributed by atoms with Crippen LogP contribution in [0.25, 0.3) is 11.3 Å². The fourth-order valence-corrected chi connectivity index (χ4v) is 4.73. The topological polar surface area (TPSA) is 129 Å². The van der Waals surface area contributed by atoms with Gasteiger partial charge < -0.3 is 20.3 Å². The molecule has 3 aromatic rings. The van der Waals surface area contributed by atoms with Gasteiger partial charge in [-0.2, -0.15) is 0 Å². The van der Waals surface area contributed by atoms with E-state index >= 15 is 0 Å². The summed E-state index contributed by atoms with van der Waals surface area (Å²) in [5.41, 5.74) is 5.73. The first-order valence-electron chi connectivity index (χ1n) is 12.3. The number of nitrogens with zero attached hydrogens (tertiary/aromatic N) is 1. The predicted octanol–water partition coefficient (Wildman–Crippen LogP) is 3.40. The molecule has 3 N–H and O–H groups in total. The first-order chi connectivity index (χ1) is 18.0. The van der Waals surface area contributed by atoms with Crippen molar-refractivity contribution in [2.24, 2.45) is 5.73 Å². The third-order valence-electron chi connectivity index (χ3n) is 7.29. The van der Waals surface area contributed by atoms with Gasteiger partial charge in [-0.05, 0) is 56.7 Å². The second-order valence-corrected chi connectivity index (χ2v) is 10.2. The molecular formula is C29H27FN2O6. The molecule has 1 amide bonds. The van der Waals surface area contributed by atoms with Gasteiger partial charge in [0.05, 0.1) is 5.69 Å². The van der Waals surface area contributed by atoms with Gasteiger partial charge in [0.1, 0.15) is 47.2 Å². The highest BCUT2D eigenvalue weighted by Gasteiger charge is 2.45. The summed E-state index contributed by atoms with van der Waals surface area (Å²) >= 11 is 0. The zero-order chi connectivity index (χ0) is 27.2. The number of ether oxygens (including phenoxy) is 2. The minimum Gasteiger partial charge on any atom is -0.489 e. The first kappa shape index (κ1) is 25.5. The predicted molar refractivity (Wildman–Crippen MR) is 135 cm³/mol. The maximum Gasteiger partial charge on any atom is 0.231 e. The van der Waals surface area contributed by atoms with Gasteiger partial charge >= 0.3 is 0 Å². The van der Waals surface area contributed by atoms with E-state index < -0.39 is 22.7 Å². The second kappa shape index (κ2) is 9.33. The number of hydrogen-bond acceptors (Lipinski definition) is 7. The summed E-state index contributed by atoms with van der Waals surface area (Å²) in [6.07, 6.45) is 0.302. The van der Waals surface area contributed by atoms with E-state index in [0.717, 1.165) is 5.56 Å². The molecule has 2 aliphatic rings. The van der Waals surface area contributed by atoms with Crippen molar-refractivity contribution in [3.63, 3.8) is 0 Å². The van der Waals surface area contributed by atoms with Crippen LogP contribution in [-0.2, 0) is 27.0 Å². The molecular weight excluding hydrogens is 491 g/mol. The highest BCUT2D eigenvalue weighted by molar-refractivity contribution is 5.97. The average Bonchev–Trinajstić information content (AvgIpc) is 3.25. The summed E-state index contributed by atoms with van der Waals surface area (Å²) < 4.78 is 24.9. The van der Waals surface area contributed by atoms with Crippen molar-refractivity contribution in [3.05, 3.63) is 76.7 Å². The number of rotatable bonds is 7. The van der Waals surface area contributed by atoms with Gasteiger partial charge in [-0.25, -0.2) is 9.37 Å². The van der Waals surface area contributed by atoms with E-state index in [-0.39, 0.29) is 49.7 Å². The number of primary amides is 1. The fourth-order valence-electron chi connectivity index (χ4n) is 4.73. The van der Waals surface area contributed by atoms with Crippen LogP contribution in [-0.4, -0.2) is 40.8 Å². The molecule has 1 aromatic heterocycles. The monoisotopic (exact) mass is 518 g/mol. The van der Waals surface area contributed by atoms with E-state index in [1.807, 2.05) is 0 Å². The van der Waals surface area contributed by atoms with Crippen molar-refractivity contribution in [1.82, 2.24) is 4.98 Å². The molecule has 3 heterocycles. The van der Waals surface area contributed by atoms with Crippen molar-refractivity contribution in [3.8, 4) is 22.8 Å². The van der Waals surface area contributed by atoms with Gasteiger partial charge in [0.15, 0.2) is 11.6 Å². The Balaban J connectivity index is 1.45. The smallest absolute Gasteiger partial charge is 0.231 e. The van der Waals surface area contributed by atoms with Crippen molar-refractivity contribution in [1.29, 1.82) is 0 Å². The number of carbonyl (C=O) groups is 3. The van der Waals surface area contributed by atoms with Gasteiger partial charge in [0.2, 0.25) is 5.91 Å². The van der Waals surface area contributed by atoms with Crippen LogP contribution in [0.3, 0.4) is 0 Å². The maximum absolute atomic E-state index is 13.6. The largest absolute Gasteiger partial charge is 0.489 e. The molecule has 2 aliphatic heterocycles. The van der Waals surface area contributed by atoms with E-state index in [1.54, 1.807) is 38.1 Å². The number of benzene rings is 2. The number of fused-ring (bicyclic) bond motifs is 2. The molecule has 2 aromatic carbocycles. The lowest BCUT2D eigenvalue weighted by atomic mass is 9.81. The Morgan fingerprint density at radius 2 is 1.89 bits per heavy atom. The summed E-state index contributed by atoms with van der Waals surface area (Å²) in [5, 5.41) is 11.5. The van der Waals surface area contributed by atoms with Crippen LogP contribution in [0.4, 0.5) is 4.39 Å². The Hall–Kier alpha value is -4.11. The molecule has 0 spiro atoms. The minimum atomic E-state index is -1.56. The van der Waals surface area contributed by atoms with Gasteiger partial charge in [-0.1, -0.05) is 12.1 Å². The van der Waals surface area contributed by atoms with Crippen LogP contribution in [0.5, 0.6) is 11.5 Å². The number of ketones is 2. The quantitative estimate of drug-likeness (QED) is 0.459. The molecule has 0 radical (unpaired) electrons. The van der Waals surface area contributed by atoms with Crippen LogP contribution in [0.2, 0.25) is 0 Å². The average molecular weight is 519 g/mol. The SMILES string of the molecule is C[C@](O)(CCC(=O)c1ccc2c(c1)OCC(=O)C2)c1cc2c(c(-c3ccc(F)cc3)n1)OC[C@]2(C)C(N)=O. The third kappa shape index (κ3) is 4.54. The maximum atomic E-state index is 13.6. The zero-order valence-electron chi connectivity index (χ0n) is 21.0. The Morgan fingerprint density at radius 1 is 1.16 bits per heavy atom. The van der Waals surface area contributed by atoms with Gasteiger partial charge in [-0.15, -0.1) is 0 Å². The number of aromatic nitrogens is 1. The molecule has 8 nitrogen and oxygen atoms in total. The number of nitrogens with two attached hydrogens (primary N) is 1. The van der Waals surface area contributed by atoms with Crippen LogP contribution in [0.1, 0.15) is 53.9 Å². The molecule has 5 rings (SSSR count). The molecule has 38 heavy (non-hydrogen) atoms. The normalized spacial score (nSPS) is 19.5. The Morgan fingerprint density at radius 3 is 2.61 bits per heavy atom. The molecule has 196 valence electrons. The number of halogens is 1. The molecule has 9 heteroatoms. The number of hydrogen-bond donors (Lipinski definition) is 2. The van der Waals surface area contributed by atoms with E-state index in [2.05, 4.69) is 4.98 Å². The summed E-state index contributed by atoms with van der Waals surface area (Å²) in [6.45, 7) is 3.18. The van der Waals surface area contributed by atoms with E-state index in [4.69, 9.17) is 15.2 Å². The Labute approximate surface area is 218 Å². The first-order valence-corrected chi connectivity index (χ1v) is 12.3. The van der Waals surface area contributed by atoms with Crippen LogP contribution in [0, 0.1) is 5.82 Å².